The first kappa shape index (κ1) is 21.1. The molecule has 25 heavy (non-hydrogen) atoms. The summed E-state index contributed by atoms with van der Waals surface area (Å²) in [4.78, 5) is 13.7. The van der Waals surface area contributed by atoms with Gasteiger partial charge in [-0.15, -0.1) is 0 Å². The molecule has 1 aromatic rings. The van der Waals surface area contributed by atoms with Gasteiger partial charge in [0.25, 0.3) is 0 Å². The number of amides is 1. The highest BCUT2D eigenvalue weighted by Gasteiger charge is 2.22. The van der Waals surface area contributed by atoms with Crippen molar-refractivity contribution in [1.82, 2.24) is 10.2 Å². The summed E-state index contributed by atoms with van der Waals surface area (Å²) in [5, 5.41) is 3.36. The average Bonchev–Trinajstić information content (AvgIpc) is 2.53. The standard InChI is InChI=1S/C19H32N2O4/c1-8-24-16-10-9-15(11-17(16)23-7)13-20-12-14(2)21(6)18(22)25-19(3,4)5/h9-11,14,20H,8,12-13H2,1-7H3. The Labute approximate surface area is 151 Å². The summed E-state index contributed by atoms with van der Waals surface area (Å²) in [5.41, 5.74) is 0.601. The molecule has 1 atom stereocenters. The Morgan fingerprint density at radius 1 is 1.28 bits per heavy atom. The summed E-state index contributed by atoms with van der Waals surface area (Å²) in [6.07, 6.45) is -0.315. The number of likely N-dealkylation sites (N-methyl/N-ethyl adjacent to an activating group) is 1. The SMILES string of the molecule is CCOc1ccc(CNCC(C)N(C)C(=O)OC(C)(C)C)cc1OC. The van der Waals surface area contributed by atoms with E-state index in [1.54, 1.807) is 19.1 Å². The van der Waals surface area contributed by atoms with Gasteiger partial charge in [-0.25, -0.2) is 4.79 Å². The monoisotopic (exact) mass is 352 g/mol. The van der Waals surface area contributed by atoms with Gasteiger partial charge in [-0.1, -0.05) is 6.07 Å². The van der Waals surface area contributed by atoms with Crippen molar-refractivity contribution in [2.75, 3.05) is 27.3 Å². The molecule has 0 aliphatic heterocycles. The number of nitrogens with one attached hydrogen (secondary N) is 1. The molecule has 1 amide bonds. The average molecular weight is 352 g/mol. The molecule has 6 nitrogen and oxygen atoms in total. The smallest absolute Gasteiger partial charge is 0.410 e. The number of carbonyl (C=O) groups is 1. The zero-order valence-electron chi connectivity index (χ0n) is 16.5. The lowest BCUT2D eigenvalue weighted by Gasteiger charge is -2.28. The van der Waals surface area contributed by atoms with E-state index in [4.69, 9.17) is 14.2 Å². The Morgan fingerprint density at radius 2 is 1.96 bits per heavy atom. The van der Waals surface area contributed by atoms with Gasteiger partial charge in [0.2, 0.25) is 0 Å². The molecule has 0 heterocycles. The van der Waals surface area contributed by atoms with E-state index in [1.165, 1.54) is 0 Å². The number of rotatable bonds is 8. The van der Waals surface area contributed by atoms with Gasteiger partial charge >= 0.3 is 6.09 Å². The summed E-state index contributed by atoms with van der Waals surface area (Å²) < 4.78 is 16.3. The van der Waals surface area contributed by atoms with Gasteiger partial charge in [0.15, 0.2) is 11.5 Å². The molecular weight excluding hydrogens is 320 g/mol. The van der Waals surface area contributed by atoms with E-state index in [0.717, 1.165) is 17.1 Å². The van der Waals surface area contributed by atoms with E-state index < -0.39 is 5.60 Å². The zero-order valence-corrected chi connectivity index (χ0v) is 16.5. The Kier molecular flexibility index (Phi) is 8.03. The normalized spacial score (nSPS) is 12.4. The van der Waals surface area contributed by atoms with Crippen LogP contribution < -0.4 is 14.8 Å². The molecule has 6 heteroatoms. The third kappa shape index (κ3) is 7.22. The molecule has 1 unspecified atom stereocenters. The Hall–Kier alpha value is -1.95. The lowest BCUT2D eigenvalue weighted by atomic mass is 10.2. The van der Waals surface area contributed by atoms with Crippen LogP contribution in [0.1, 0.15) is 40.2 Å². The Morgan fingerprint density at radius 3 is 2.52 bits per heavy atom. The lowest BCUT2D eigenvalue weighted by Crippen LogP contribution is -2.43. The van der Waals surface area contributed by atoms with Gasteiger partial charge in [0, 0.05) is 26.2 Å². The van der Waals surface area contributed by atoms with Gasteiger partial charge < -0.3 is 24.4 Å². The number of nitrogens with zero attached hydrogens (tertiary/aromatic N) is 1. The van der Waals surface area contributed by atoms with Crippen LogP contribution >= 0.6 is 0 Å². The second kappa shape index (κ2) is 9.51. The third-order valence-electron chi connectivity index (χ3n) is 3.64. The van der Waals surface area contributed by atoms with E-state index in [2.05, 4.69) is 5.32 Å². The van der Waals surface area contributed by atoms with Gasteiger partial charge in [-0.3, -0.25) is 0 Å². The van der Waals surface area contributed by atoms with Crippen molar-refractivity contribution < 1.29 is 19.0 Å². The van der Waals surface area contributed by atoms with Gasteiger partial charge in [0.1, 0.15) is 5.60 Å². The van der Waals surface area contributed by atoms with Crippen LogP contribution in [0.25, 0.3) is 0 Å². The van der Waals surface area contributed by atoms with Gasteiger partial charge in [0.05, 0.1) is 13.7 Å². The molecule has 0 aliphatic rings. The number of ether oxygens (including phenoxy) is 3. The van der Waals surface area contributed by atoms with Crippen LogP contribution in [0.2, 0.25) is 0 Å². The summed E-state index contributed by atoms with van der Waals surface area (Å²) in [6.45, 7) is 11.4. The zero-order chi connectivity index (χ0) is 19.0. The second-order valence-electron chi connectivity index (χ2n) is 6.99. The number of carbonyl (C=O) groups excluding carboxylic acids is 1. The highest BCUT2D eigenvalue weighted by Crippen LogP contribution is 2.27. The third-order valence-corrected chi connectivity index (χ3v) is 3.64. The number of methoxy groups -OCH3 is 1. The summed E-state index contributed by atoms with van der Waals surface area (Å²) in [5.74, 6) is 1.46. The van der Waals surface area contributed by atoms with E-state index in [9.17, 15) is 4.79 Å². The van der Waals surface area contributed by atoms with Crippen LogP contribution in [0.3, 0.4) is 0 Å². The fourth-order valence-corrected chi connectivity index (χ4v) is 2.17. The van der Waals surface area contributed by atoms with Crippen molar-refractivity contribution in [2.24, 2.45) is 0 Å². The van der Waals surface area contributed by atoms with Crippen LogP contribution in [0.5, 0.6) is 11.5 Å². The molecule has 1 N–H and O–H groups in total. The highest BCUT2D eigenvalue weighted by atomic mass is 16.6. The molecule has 142 valence electrons. The molecule has 0 aliphatic carbocycles. The minimum atomic E-state index is -0.489. The first-order valence-electron chi connectivity index (χ1n) is 8.64. The molecular formula is C19H32N2O4. The molecule has 1 aromatic carbocycles. The topological polar surface area (TPSA) is 60.0 Å². The quantitative estimate of drug-likeness (QED) is 0.777. The maximum atomic E-state index is 12.1. The van der Waals surface area contributed by atoms with E-state index in [1.807, 2.05) is 52.8 Å². The van der Waals surface area contributed by atoms with Crippen LogP contribution in [-0.2, 0) is 11.3 Å². The molecule has 0 radical (unpaired) electrons. The van der Waals surface area contributed by atoms with Crippen LogP contribution in [0, 0.1) is 0 Å². The first-order chi connectivity index (χ1) is 11.7. The van der Waals surface area contributed by atoms with Crippen LogP contribution in [0.15, 0.2) is 18.2 Å². The maximum Gasteiger partial charge on any atom is 0.410 e. The fraction of sp³-hybridized carbons (Fsp3) is 0.632. The van der Waals surface area contributed by atoms with Crippen molar-refractivity contribution in [3.8, 4) is 11.5 Å². The molecule has 0 spiro atoms. The molecule has 1 rings (SSSR count). The lowest BCUT2D eigenvalue weighted by molar-refractivity contribution is 0.0236. The van der Waals surface area contributed by atoms with Crippen molar-refractivity contribution in [1.29, 1.82) is 0 Å². The van der Waals surface area contributed by atoms with Crippen molar-refractivity contribution in [3.05, 3.63) is 23.8 Å². The fourth-order valence-electron chi connectivity index (χ4n) is 2.17. The van der Waals surface area contributed by atoms with Gasteiger partial charge in [-0.05, 0) is 52.3 Å². The minimum Gasteiger partial charge on any atom is -0.493 e. The van der Waals surface area contributed by atoms with Gasteiger partial charge in [-0.2, -0.15) is 0 Å². The van der Waals surface area contributed by atoms with Crippen molar-refractivity contribution in [2.45, 2.75) is 52.8 Å². The number of hydrogen-bond acceptors (Lipinski definition) is 5. The first-order valence-corrected chi connectivity index (χ1v) is 8.64. The van der Waals surface area contributed by atoms with Crippen molar-refractivity contribution >= 4 is 6.09 Å². The van der Waals surface area contributed by atoms with Crippen LogP contribution in [-0.4, -0.2) is 49.9 Å². The predicted octanol–water partition coefficient (Wildman–Crippen LogP) is 3.44. The Balaban J connectivity index is 2.52. The number of benzene rings is 1. The Bertz CT molecular complexity index is 555. The summed E-state index contributed by atoms with van der Waals surface area (Å²) in [7, 11) is 3.38. The van der Waals surface area contributed by atoms with E-state index in [-0.39, 0.29) is 12.1 Å². The molecule has 0 saturated heterocycles. The summed E-state index contributed by atoms with van der Waals surface area (Å²) >= 11 is 0. The van der Waals surface area contributed by atoms with E-state index in [0.29, 0.717) is 19.7 Å². The molecule has 0 fully saturated rings. The largest absolute Gasteiger partial charge is 0.493 e. The molecule has 0 aromatic heterocycles. The highest BCUT2D eigenvalue weighted by molar-refractivity contribution is 5.68. The summed E-state index contributed by atoms with van der Waals surface area (Å²) in [6, 6.07) is 5.89. The van der Waals surface area contributed by atoms with Crippen LogP contribution in [0.4, 0.5) is 4.79 Å². The molecule has 0 saturated carbocycles. The molecule has 0 bridgehead atoms. The second-order valence-corrected chi connectivity index (χ2v) is 6.99. The predicted molar refractivity (Wildman–Crippen MR) is 99.3 cm³/mol. The maximum absolute atomic E-state index is 12.1. The number of hydrogen-bond donors (Lipinski definition) is 1. The minimum absolute atomic E-state index is 0.0134. The van der Waals surface area contributed by atoms with E-state index >= 15 is 0 Å². The van der Waals surface area contributed by atoms with Crippen molar-refractivity contribution in [3.63, 3.8) is 0 Å².